The first-order valence-electron chi connectivity index (χ1n) is 14.9. The first kappa shape index (κ1) is 36.2. The number of nitrogens with zero attached hydrogens (tertiary/aromatic N) is 1. The van der Waals surface area contributed by atoms with Crippen molar-refractivity contribution in [2.45, 2.75) is 64.6 Å². The molecule has 0 unspecified atom stereocenters. The summed E-state index contributed by atoms with van der Waals surface area (Å²) in [6.07, 6.45) is 9.80. The summed E-state index contributed by atoms with van der Waals surface area (Å²) in [5.74, 6) is -0.795. The first-order chi connectivity index (χ1) is 21.3. The lowest BCUT2D eigenvalue weighted by molar-refractivity contribution is -0.134. The molecular weight excluding hydrogens is 564 g/mol. The maximum atomic E-state index is 12.2. The number of hydrogen-bond acceptors (Lipinski definition) is 8. The third kappa shape index (κ3) is 16.0. The monoisotopic (exact) mass is 610 g/mol. The molecule has 0 fully saturated rings. The molecular formula is C33H46N4O7. The molecule has 0 saturated heterocycles. The Morgan fingerprint density at radius 1 is 0.909 bits per heavy atom. The highest BCUT2D eigenvalue weighted by molar-refractivity contribution is 5.99. The van der Waals surface area contributed by atoms with Gasteiger partial charge in [-0.05, 0) is 86.2 Å². The number of carboxylic acids is 1. The number of anilines is 2. The number of carbonyl (C=O) groups excluding carboxylic acids is 1. The molecule has 1 aromatic heterocycles. The van der Waals surface area contributed by atoms with E-state index in [9.17, 15) is 20.1 Å². The van der Waals surface area contributed by atoms with E-state index in [1.54, 1.807) is 36.7 Å². The Morgan fingerprint density at radius 3 is 2.34 bits per heavy atom. The van der Waals surface area contributed by atoms with Crippen molar-refractivity contribution < 1.29 is 34.8 Å². The Morgan fingerprint density at radius 2 is 1.61 bits per heavy atom. The summed E-state index contributed by atoms with van der Waals surface area (Å²) in [6, 6.07) is 16.0. The average molecular weight is 611 g/mol. The summed E-state index contributed by atoms with van der Waals surface area (Å²) in [6.45, 7) is 3.61. The molecule has 3 rings (SSSR count). The van der Waals surface area contributed by atoms with Crippen molar-refractivity contribution in [1.29, 1.82) is 0 Å². The van der Waals surface area contributed by atoms with Crippen molar-refractivity contribution in [3.05, 3.63) is 83.7 Å². The van der Waals surface area contributed by atoms with E-state index in [1.807, 2.05) is 18.2 Å². The fourth-order valence-corrected chi connectivity index (χ4v) is 4.27. The minimum atomic E-state index is -0.833. The maximum Gasteiger partial charge on any atom is 0.323 e. The Balaban J connectivity index is 0.00000159. The first-order valence-corrected chi connectivity index (χ1v) is 14.9. The number of carboxylic acid groups (broad SMARTS) is 1. The van der Waals surface area contributed by atoms with Crippen molar-refractivity contribution in [2.75, 3.05) is 36.9 Å². The molecule has 0 aliphatic heterocycles. The molecule has 1 heterocycles. The van der Waals surface area contributed by atoms with Crippen LogP contribution in [0.3, 0.4) is 0 Å². The molecule has 44 heavy (non-hydrogen) atoms. The van der Waals surface area contributed by atoms with Crippen LogP contribution >= 0.6 is 0 Å². The molecule has 2 aromatic carbocycles. The second kappa shape index (κ2) is 21.6. The van der Waals surface area contributed by atoms with Gasteiger partial charge in [0.2, 0.25) is 0 Å². The highest BCUT2D eigenvalue weighted by Gasteiger charge is 2.10. The van der Waals surface area contributed by atoms with Crippen molar-refractivity contribution >= 4 is 23.4 Å². The Hall–Kier alpha value is -4.03. The average Bonchev–Trinajstić information content (AvgIpc) is 3.00. The largest absolute Gasteiger partial charge is 0.508 e. The lowest BCUT2D eigenvalue weighted by Gasteiger charge is -2.14. The summed E-state index contributed by atoms with van der Waals surface area (Å²) in [5.41, 5.74) is 3.68. The van der Waals surface area contributed by atoms with E-state index in [-0.39, 0.29) is 18.4 Å². The van der Waals surface area contributed by atoms with Crippen LogP contribution in [-0.2, 0) is 22.6 Å². The van der Waals surface area contributed by atoms with Gasteiger partial charge in [-0.1, -0.05) is 31.0 Å². The summed E-state index contributed by atoms with van der Waals surface area (Å²) < 4.78 is 5.79. The van der Waals surface area contributed by atoms with Crippen molar-refractivity contribution in [1.82, 2.24) is 10.3 Å². The topological polar surface area (TPSA) is 173 Å². The summed E-state index contributed by atoms with van der Waals surface area (Å²) in [5, 5.41) is 45.5. The van der Waals surface area contributed by atoms with Gasteiger partial charge >= 0.3 is 6.03 Å². The number of amides is 2. The summed E-state index contributed by atoms with van der Waals surface area (Å²) in [7, 11) is 0. The molecule has 240 valence electrons. The molecule has 0 radical (unpaired) electrons. The third-order valence-corrected chi connectivity index (χ3v) is 6.50. The number of aliphatic hydroxyl groups is 2. The number of ether oxygens (including phenoxy) is 1. The van der Waals surface area contributed by atoms with E-state index in [4.69, 9.17) is 14.6 Å². The van der Waals surface area contributed by atoms with Gasteiger partial charge in [0.1, 0.15) is 5.75 Å². The van der Waals surface area contributed by atoms with Crippen LogP contribution in [0.4, 0.5) is 16.2 Å². The highest BCUT2D eigenvalue weighted by atomic mass is 16.5. The zero-order valence-corrected chi connectivity index (χ0v) is 25.4. The smallest absolute Gasteiger partial charge is 0.323 e. The van der Waals surface area contributed by atoms with Gasteiger partial charge in [-0.2, -0.15) is 0 Å². The van der Waals surface area contributed by atoms with Crippen LogP contribution in [0.25, 0.3) is 0 Å². The molecule has 3 aromatic rings. The van der Waals surface area contributed by atoms with E-state index >= 15 is 0 Å². The molecule has 1 atom stereocenters. The van der Waals surface area contributed by atoms with Gasteiger partial charge in [0.15, 0.2) is 0 Å². The fraction of sp³-hybridized carbons (Fsp3) is 0.424. The predicted molar refractivity (Wildman–Crippen MR) is 171 cm³/mol. The van der Waals surface area contributed by atoms with Crippen molar-refractivity contribution in [3.8, 4) is 5.75 Å². The van der Waals surface area contributed by atoms with Gasteiger partial charge in [0.05, 0.1) is 24.6 Å². The van der Waals surface area contributed by atoms with E-state index in [2.05, 4.69) is 27.0 Å². The van der Waals surface area contributed by atoms with Crippen LogP contribution in [0.1, 0.15) is 68.2 Å². The van der Waals surface area contributed by atoms with E-state index in [1.165, 1.54) is 11.6 Å². The maximum absolute atomic E-state index is 12.2. The molecule has 7 N–H and O–H groups in total. The predicted octanol–water partition coefficient (Wildman–Crippen LogP) is 5.24. The van der Waals surface area contributed by atoms with Gasteiger partial charge in [-0.15, -0.1) is 0 Å². The lowest BCUT2D eigenvalue weighted by Crippen LogP contribution is -2.22. The summed E-state index contributed by atoms with van der Waals surface area (Å²) >= 11 is 0. The van der Waals surface area contributed by atoms with Gasteiger partial charge in [0.25, 0.3) is 5.97 Å². The van der Waals surface area contributed by atoms with Crippen molar-refractivity contribution in [3.63, 3.8) is 0 Å². The van der Waals surface area contributed by atoms with E-state index in [0.717, 1.165) is 77.3 Å². The molecule has 0 spiro atoms. The number of aromatic nitrogens is 1. The van der Waals surface area contributed by atoms with Crippen LogP contribution in [0, 0.1) is 0 Å². The molecule has 0 saturated carbocycles. The van der Waals surface area contributed by atoms with Gasteiger partial charge in [0, 0.05) is 44.1 Å². The van der Waals surface area contributed by atoms with E-state index in [0.29, 0.717) is 23.4 Å². The van der Waals surface area contributed by atoms with E-state index < -0.39 is 12.1 Å². The Kier molecular flexibility index (Phi) is 17.8. The number of phenols is 1. The van der Waals surface area contributed by atoms with Crippen LogP contribution in [0.2, 0.25) is 0 Å². The Bertz CT molecular complexity index is 1240. The number of unbranched alkanes of at least 4 members (excludes halogenated alkanes) is 4. The number of rotatable bonds is 18. The SMILES string of the molecule is CC(=O)O.O=C(Nc1cccnc1)Nc1cccc(CCCCOCCCCCCNC[C@H](O)c2ccc(O)c(CO)c2)c1. The molecule has 11 heteroatoms. The molecule has 0 bridgehead atoms. The van der Waals surface area contributed by atoms with Crippen LogP contribution < -0.4 is 16.0 Å². The van der Waals surface area contributed by atoms with Gasteiger partial charge < -0.3 is 41.1 Å². The quantitative estimate of drug-likeness (QED) is 0.0951. The second-order valence-electron chi connectivity index (χ2n) is 10.3. The van der Waals surface area contributed by atoms with Crippen LogP contribution in [0.15, 0.2) is 67.0 Å². The van der Waals surface area contributed by atoms with Crippen LogP contribution in [-0.4, -0.2) is 63.7 Å². The molecule has 2 amide bonds. The summed E-state index contributed by atoms with van der Waals surface area (Å²) in [4.78, 5) is 25.2. The fourth-order valence-electron chi connectivity index (χ4n) is 4.27. The number of hydrogen-bond donors (Lipinski definition) is 7. The molecule has 11 nitrogen and oxygen atoms in total. The standard InChI is InChI=1S/C31H42N4O5.C2H4O2/c36-23-26-20-25(13-14-29(26)37)30(38)22-33-15-4-1-2-5-17-40-18-6-3-9-24-10-7-11-27(19-24)34-31(39)35-28-12-8-16-32-21-28;1-2(3)4/h7-8,10-14,16,19-21,30,33,36-38H,1-6,9,15,17-18,22-23H2,(H2,34,35,39);1H3,(H,3,4)/t30-;/m0./s1. The highest BCUT2D eigenvalue weighted by Crippen LogP contribution is 2.22. The number of carbonyl (C=O) groups is 2. The Labute approximate surface area is 259 Å². The van der Waals surface area contributed by atoms with Gasteiger partial charge in [-0.3, -0.25) is 9.78 Å². The zero-order valence-electron chi connectivity index (χ0n) is 25.4. The zero-order chi connectivity index (χ0) is 32.0. The lowest BCUT2D eigenvalue weighted by atomic mass is 10.1. The number of aromatic hydroxyl groups is 1. The second-order valence-corrected chi connectivity index (χ2v) is 10.3. The van der Waals surface area contributed by atoms with Crippen LogP contribution in [0.5, 0.6) is 5.75 Å². The third-order valence-electron chi connectivity index (χ3n) is 6.50. The molecule has 0 aliphatic rings. The number of aliphatic hydroxyl groups excluding tert-OH is 2. The number of benzene rings is 2. The normalized spacial score (nSPS) is 11.2. The molecule has 0 aliphatic carbocycles. The van der Waals surface area contributed by atoms with Crippen molar-refractivity contribution in [2.24, 2.45) is 0 Å². The minimum absolute atomic E-state index is 0.0379. The van der Waals surface area contributed by atoms with Gasteiger partial charge in [-0.25, -0.2) is 4.79 Å². The number of nitrogens with one attached hydrogen (secondary N) is 3. The minimum Gasteiger partial charge on any atom is -0.508 e. The number of urea groups is 1. The number of pyridine rings is 1. The number of aliphatic carboxylic acids is 1. The number of aryl methyl sites for hydroxylation is 1.